The third-order valence-corrected chi connectivity index (χ3v) is 11.2. The maximum atomic E-state index is 6.98. The van der Waals surface area contributed by atoms with Crippen LogP contribution in [-0.2, 0) is 8.85 Å². The summed E-state index contributed by atoms with van der Waals surface area (Å²) < 4.78 is 13.2. The van der Waals surface area contributed by atoms with Crippen molar-refractivity contribution in [2.45, 2.75) is 97.8 Å². The molecule has 174 valence electrons. The molecule has 4 rings (SSSR count). The molecular weight excluding hydrogens is 436 g/mol. The molecule has 0 amide bonds. The highest BCUT2D eigenvalue weighted by atomic mass is 35.5. The molecule has 0 aromatic carbocycles. The number of allylic oxidation sites excluding steroid dienone is 5. The molecule has 0 aromatic rings. The summed E-state index contributed by atoms with van der Waals surface area (Å²) in [5, 5.41) is 0.859. The minimum Gasteiger partial charge on any atom is -0.543 e. The van der Waals surface area contributed by atoms with Crippen molar-refractivity contribution >= 4 is 28.2 Å². The van der Waals surface area contributed by atoms with Crippen molar-refractivity contribution in [2.24, 2.45) is 28.6 Å². The first-order valence-corrected chi connectivity index (χ1v) is 19.5. The normalized spacial score (nSPS) is 42.6. The zero-order valence-corrected chi connectivity index (χ0v) is 24.0. The lowest BCUT2D eigenvalue weighted by atomic mass is 9.48. The summed E-state index contributed by atoms with van der Waals surface area (Å²) in [6.07, 6.45) is 13.2. The second-order valence-electron chi connectivity index (χ2n) is 13.2. The molecule has 0 aliphatic heterocycles. The van der Waals surface area contributed by atoms with Crippen LogP contribution in [-0.4, -0.2) is 22.2 Å². The van der Waals surface area contributed by atoms with Crippen LogP contribution in [0.15, 0.2) is 34.6 Å². The van der Waals surface area contributed by atoms with E-state index in [4.69, 9.17) is 20.5 Å². The number of hydrogen-bond acceptors (Lipinski definition) is 2. The van der Waals surface area contributed by atoms with E-state index in [2.05, 4.69) is 78.3 Å². The summed E-state index contributed by atoms with van der Waals surface area (Å²) in [4.78, 5) is 0. The monoisotopic (exact) mass is 478 g/mol. The molecular formula is C26H43ClO2Si2. The van der Waals surface area contributed by atoms with Gasteiger partial charge in [0.2, 0.25) is 8.32 Å². The van der Waals surface area contributed by atoms with Gasteiger partial charge >= 0.3 is 0 Å². The Morgan fingerprint density at radius 2 is 1.58 bits per heavy atom. The van der Waals surface area contributed by atoms with Gasteiger partial charge in [-0.25, -0.2) is 0 Å². The van der Waals surface area contributed by atoms with E-state index in [1.807, 2.05) is 0 Å². The van der Waals surface area contributed by atoms with Gasteiger partial charge in [0, 0.05) is 5.41 Å². The third kappa shape index (κ3) is 3.87. The third-order valence-electron chi connectivity index (χ3n) is 8.89. The standard InChI is InChI=1S/C26H43ClO2Si2/c1-24-15-14-22(28-30(4,5)6)23(27)21(24)11-10-18-19(24)12-16-25(2)20(18)13-17-26(25,3)29-31(7,8)9/h11,14-15,18-20H,10,12-13,16-17H2,1-9H3/t18?,19?,20?,24?,25?,26-/m0/s1. The van der Waals surface area contributed by atoms with E-state index in [0.717, 1.165) is 23.1 Å². The first kappa shape index (κ1) is 23.8. The molecule has 4 aliphatic carbocycles. The summed E-state index contributed by atoms with van der Waals surface area (Å²) in [5.41, 5.74) is 1.64. The van der Waals surface area contributed by atoms with Crippen molar-refractivity contribution in [1.82, 2.24) is 0 Å². The molecule has 0 saturated heterocycles. The fourth-order valence-corrected chi connectivity index (χ4v) is 10.5. The molecule has 5 unspecified atom stereocenters. The predicted molar refractivity (Wildman–Crippen MR) is 137 cm³/mol. The Balaban J connectivity index is 1.66. The van der Waals surface area contributed by atoms with Crippen molar-refractivity contribution < 1.29 is 8.85 Å². The van der Waals surface area contributed by atoms with Gasteiger partial charge in [-0.1, -0.05) is 37.6 Å². The van der Waals surface area contributed by atoms with Gasteiger partial charge in [0.15, 0.2) is 8.32 Å². The summed E-state index contributed by atoms with van der Waals surface area (Å²) in [7, 11) is -3.29. The molecule has 31 heavy (non-hydrogen) atoms. The molecule has 0 spiro atoms. The number of hydrogen-bond donors (Lipinski definition) is 0. The molecule has 0 heterocycles. The van der Waals surface area contributed by atoms with Gasteiger partial charge in [-0.15, -0.1) is 0 Å². The van der Waals surface area contributed by atoms with E-state index < -0.39 is 16.6 Å². The summed E-state index contributed by atoms with van der Waals surface area (Å²) in [6, 6.07) is 0. The fourth-order valence-electron chi connectivity index (χ4n) is 7.51. The quantitative estimate of drug-likeness (QED) is 0.378. The number of rotatable bonds is 4. The van der Waals surface area contributed by atoms with E-state index >= 15 is 0 Å². The summed E-state index contributed by atoms with van der Waals surface area (Å²) >= 11 is 6.98. The lowest BCUT2D eigenvalue weighted by molar-refractivity contribution is -0.0964. The predicted octanol–water partition coefficient (Wildman–Crippen LogP) is 8.25. The largest absolute Gasteiger partial charge is 0.543 e. The van der Waals surface area contributed by atoms with E-state index in [9.17, 15) is 0 Å². The Morgan fingerprint density at radius 1 is 0.935 bits per heavy atom. The van der Waals surface area contributed by atoms with Crippen molar-refractivity contribution in [1.29, 1.82) is 0 Å². The van der Waals surface area contributed by atoms with Crippen molar-refractivity contribution in [3.8, 4) is 0 Å². The second-order valence-corrected chi connectivity index (χ2v) is 22.4. The average molecular weight is 479 g/mol. The van der Waals surface area contributed by atoms with Gasteiger partial charge in [-0.2, -0.15) is 0 Å². The van der Waals surface area contributed by atoms with Crippen LogP contribution in [0.5, 0.6) is 0 Å². The minimum atomic E-state index is -1.70. The molecule has 4 aliphatic rings. The van der Waals surface area contributed by atoms with Gasteiger partial charge in [0.25, 0.3) is 0 Å². The van der Waals surface area contributed by atoms with Crippen LogP contribution < -0.4 is 0 Å². The lowest BCUT2D eigenvalue weighted by Gasteiger charge is -2.58. The Hall–Kier alpha value is -0.296. The van der Waals surface area contributed by atoms with Crippen LogP contribution >= 0.6 is 11.6 Å². The highest BCUT2D eigenvalue weighted by Crippen LogP contribution is 2.67. The van der Waals surface area contributed by atoms with E-state index in [1.165, 1.54) is 31.3 Å². The molecule has 2 fully saturated rings. The first-order valence-electron chi connectivity index (χ1n) is 12.3. The average Bonchev–Trinajstić information content (AvgIpc) is 2.86. The van der Waals surface area contributed by atoms with Crippen molar-refractivity contribution in [3.63, 3.8) is 0 Å². The van der Waals surface area contributed by atoms with Gasteiger partial charge in [0.1, 0.15) is 5.76 Å². The topological polar surface area (TPSA) is 18.5 Å². The summed E-state index contributed by atoms with van der Waals surface area (Å²) in [5.74, 6) is 2.99. The van der Waals surface area contributed by atoms with Crippen molar-refractivity contribution in [3.05, 3.63) is 34.6 Å². The summed E-state index contributed by atoms with van der Waals surface area (Å²) in [6.45, 7) is 21.1. The maximum Gasteiger partial charge on any atom is 0.242 e. The van der Waals surface area contributed by atoms with Crippen LogP contribution in [0.25, 0.3) is 0 Å². The van der Waals surface area contributed by atoms with Crippen LogP contribution in [0, 0.1) is 28.6 Å². The van der Waals surface area contributed by atoms with Crippen molar-refractivity contribution in [2.75, 3.05) is 0 Å². The van der Waals surface area contributed by atoms with E-state index in [0.29, 0.717) is 11.8 Å². The Bertz CT molecular complexity index is 848. The molecule has 5 heteroatoms. The van der Waals surface area contributed by atoms with Crippen LogP contribution in [0.2, 0.25) is 39.3 Å². The Morgan fingerprint density at radius 3 is 2.19 bits per heavy atom. The van der Waals surface area contributed by atoms with Crippen LogP contribution in [0.1, 0.15) is 52.9 Å². The number of halogens is 1. The molecule has 2 saturated carbocycles. The van der Waals surface area contributed by atoms with E-state index in [-0.39, 0.29) is 16.4 Å². The maximum absolute atomic E-state index is 6.98. The molecule has 0 aromatic heterocycles. The van der Waals surface area contributed by atoms with Crippen LogP contribution in [0.4, 0.5) is 0 Å². The first-order chi connectivity index (χ1) is 14.1. The fraction of sp³-hybridized carbons (Fsp3) is 0.769. The van der Waals surface area contributed by atoms with Gasteiger partial charge in [-0.05, 0) is 113 Å². The Labute approximate surface area is 197 Å². The van der Waals surface area contributed by atoms with Gasteiger partial charge < -0.3 is 8.85 Å². The molecule has 0 bridgehead atoms. The molecule has 0 N–H and O–H groups in total. The Kier molecular flexibility index (Phi) is 5.65. The highest BCUT2D eigenvalue weighted by Gasteiger charge is 2.63. The zero-order valence-electron chi connectivity index (χ0n) is 21.2. The number of fused-ring (bicyclic) bond motifs is 5. The molecule has 6 atom stereocenters. The second kappa shape index (κ2) is 7.35. The molecule has 0 radical (unpaired) electrons. The highest BCUT2D eigenvalue weighted by molar-refractivity contribution is 6.70. The SMILES string of the molecule is CC12C=CC(O[Si](C)(C)C)=C(Cl)C1=CCC1C2CCC2(C)C1CC[C@]2(C)O[Si](C)(C)C. The minimum absolute atomic E-state index is 0.0201. The smallest absolute Gasteiger partial charge is 0.242 e. The lowest BCUT2D eigenvalue weighted by Crippen LogP contribution is -2.56. The zero-order chi connectivity index (χ0) is 23.0. The van der Waals surface area contributed by atoms with Gasteiger partial charge in [-0.3, -0.25) is 0 Å². The van der Waals surface area contributed by atoms with E-state index in [1.54, 1.807) is 0 Å². The van der Waals surface area contributed by atoms with Gasteiger partial charge in [0.05, 0.1) is 10.6 Å². The van der Waals surface area contributed by atoms with Crippen LogP contribution in [0.3, 0.4) is 0 Å². The molecule has 2 nitrogen and oxygen atoms in total.